The largest absolute Gasteiger partial charge is 0.447 e. The molecule has 2 aromatic rings. The number of alkyl carbamates (subject to hydrolysis) is 1. The van der Waals surface area contributed by atoms with Crippen molar-refractivity contribution in [1.29, 1.82) is 0 Å². The van der Waals surface area contributed by atoms with E-state index in [0.717, 1.165) is 48.5 Å². The smallest absolute Gasteiger partial charge is 0.407 e. The van der Waals surface area contributed by atoms with Gasteiger partial charge in [0.05, 0.1) is 29.8 Å². The van der Waals surface area contributed by atoms with Crippen molar-refractivity contribution < 1.29 is 14.3 Å². The van der Waals surface area contributed by atoms with Crippen molar-refractivity contribution in [3.63, 3.8) is 0 Å². The Bertz CT molecular complexity index is 885. The van der Waals surface area contributed by atoms with E-state index in [-0.39, 0.29) is 29.9 Å². The van der Waals surface area contributed by atoms with Crippen molar-refractivity contribution in [3.05, 3.63) is 36.3 Å². The van der Waals surface area contributed by atoms with Crippen LogP contribution in [-0.2, 0) is 16.0 Å². The molecule has 1 aliphatic rings. The first kappa shape index (κ1) is 23.1. The monoisotopic (exact) mass is 428 g/mol. The van der Waals surface area contributed by atoms with Gasteiger partial charge in [-0.2, -0.15) is 0 Å². The summed E-state index contributed by atoms with van der Waals surface area (Å²) in [6.45, 7) is 13.6. The van der Waals surface area contributed by atoms with Crippen molar-refractivity contribution in [2.75, 3.05) is 11.9 Å². The first-order valence-electron chi connectivity index (χ1n) is 11.1. The lowest BCUT2D eigenvalue weighted by Crippen LogP contribution is -2.37. The van der Waals surface area contributed by atoms with E-state index >= 15 is 0 Å². The number of nitrogens with zero attached hydrogens (tertiary/aromatic N) is 2. The van der Waals surface area contributed by atoms with Gasteiger partial charge in [0.2, 0.25) is 0 Å². The Kier molecular flexibility index (Phi) is 7.26. The van der Waals surface area contributed by atoms with E-state index in [2.05, 4.69) is 72.3 Å². The number of aromatic nitrogens is 2. The third-order valence-electron chi connectivity index (χ3n) is 5.08. The van der Waals surface area contributed by atoms with Crippen molar-refractivity contribution in [3.8, 4) is 11.3 Å². The van der Waals surface area contributed by atoms with Gasteiger partial charge < -0.3 is 24.7 Å². The Morgan fingerprint density at radius 3 is 2.84 bits per heavy atom. The summed E-state index contributed by atoms with van der Waals surface area (Å²) in [6, 6.07) is 6.41. The molecule has 0 spiro atoms. The number of fused-ring (bicyclic) bond motifs is 1. The molecule has 2 heterocycles. The number of hydrogen-bond donors (Lipinski definition) is 2. The van der Waals surface area contributed by atoms with Gasteiger partial charge in [0, 0.05) is 36.6 Å². The van der Waals surface area contributed by atoms with Crippen LogP contribution in [0.5, 0.6) is 0 Å². The minimum atomic E-state index is -0.382. The third-order valence-corrected chi connectivity index (χ3v) is 5.08. The molecular formula is C24H36N4O3. The van der Waals surface area contributed by atoms with Gasteiger partial charge in [-0.05, 0) is 72.1 Å². The Morgan fingerprint density at radius 1 is 1.35 bits per heavy atom. The Morgan fingerprint density at radius 2 is 2.13 bits per heavy atom. The maximum atomic E-state index is 12.2. The van der Waals surface area contributed by atoms with Crippen LogP contribution in [0.2, 0.25) is 0 Å². The second-order valence-corrected chi connectivity index (χ2v) is 9.55. The van der Waals surface area contributed by atoms with Crippen LogP contribution in [0.1, 0.15) is 66.0 Å². The summed E-state index contributed by atoms with van der Waals surface area (Å²) in [6.07, 6.45) is 5.12. The van der Waals surface area contributed by atoms with Gasteiger partial charge in [0.1, 0.15) is 0 Å². The second kappa shape index (κ2) is 9.73. The Balaban J connectivity index is 1.71. The molecule has 0 aliphatic carbocycles. The number of aryl methyl sites for hydroxylation is 1. The molecule has 0 saturated heterocycles. The van der Waals surface area contributed by atoms with Gasteiger partial charge in [-0.25, -0.2) is 9.78 Å². The normalized spacial score (nSPS) is 18.4. The number of rotatable bonds is 7. The van der Waals surface area contributed by atoms with E-state index in [9.17, 15) is 4.79 Å². The quantitative estimate of drug-likeness (QED) is 0.598. The molecule has 1 aromatic carbocycles. The zero-order valence-electron chi connectivity index (χ0n) is 19.6. The first-order valence-corrected chi connectivity index (χ1v) is 11.1. The van der Waals surface area contributed by atoms with E-state index in [1.54, 1.807) is 0 Å². The zero-order valence-corrected chi connectivity index (χ0v) is 19.6. The molecule has 2 atom stereocenters. The molecule has 0 bridgehead atoms. The van der Waals surface area contributed by atoms with Gasteiger partial charge in [0.15, 0.2) is 0 Å². The summed E-state index contributed by atoms with van der Waals surface area (Å²) in [7, 11) is 0. The van der Waals surface area contributed by atoms with Crippen molar-refractivity contribution in [2.24, 2.45) is 0 Å². The molecule has 7 heteroatoms. The molecule has 7 nitrogen and oxygen atoms in total. The fourth-order valence-corrected chi connectivity index (χ4v) is 3.73. The number of carbonyl (C=O) groups excluding carboxylic acids is 1. The zero-order chi connectivity index (χ0) is 22.6. The number of benzene rings is 1. The molecule has 2 N–H and O–H groups in total. The lowest BCUT2D eigenvalue weighted by Gasteiger charge is -2.32. The molecule has 2 unspecified atom stereocenters. The summed E-state index contributed by atoms with van der Waals surface area (Å²) >= 11 is 0. The van der Waals surface area contributed by atoms with Crippen molar-refractivity contribution in [2.45, 2.75) is 84.7 Å². The highest BCUT2D eigenvalue weighted by Gasteiger charge is 2.27. The molecule has 3 rings (SSSR count). The summed E-state index contributed by atoms with van der Waals surface area (Å²) in [5.74, 6) is 0. The molecule has 31 heavy (non-hydrogen) atoms. The lowest BCUT2D eigenvalue weighted by atomic mass is 9.92. The maximum absolute atomic E-state index is 12.2. The van der Waals surface area contributed by atoms with Gasteiger partial charge in [-0.1, -0.05) is 6.07 Å². The van der Waals surface area contributed by atoms with E-state index < -0.39 is 0 Å². The molecule has 0 fully saturated rings. The molecular weight excluding hydrogens is 392 g/mol. The van der Waals surface area contributed by atoms with E-state index in [0.29, 0.717) is 0 Å². The van der Waals surface area contributed by atoms with Crippen LogP contribution in [0, 0.1) is 0 Å². The summed E-state index contributed by atoms with van der Waals surface area (Å²) in [4.78, 5) is 16.8. The van der Waals surface area contributed by atoms with Gasteiger partial charge >= 0.3 is 6.09 Å². The maximum Gasteiger partial charge on any atom is 0.407 e. The summed E-state index contributed by atoms with van der Waals surface area (Å²) in [5, 5.41) is 6.53. The fourth-order valence-electron chi connectivity index (χ4n) is 3.73. The number of amides is 1. The number of carbonyl (C=O) groups is 1. The van der Waals surface area contributed by atoms with E-state index in [1.807, 2.05) is 20.2 Å². The van der Waals surface area contributed by atoms with Crippen LogP contribution in [-0.4, -0.2) is 40.0 Å². The van der Waals surface area contributed by atoms with Crippen LogP contribution in [0.25, 0.3) is 11.3 Å². The first-order chi connectivity index (χ1) is 14.6. The Hall–Kier alpha value is -2.54. The second-order valence-electron chi connectivity index (χ2n) is 9.55. The number of nitrogens with one attached hydrogen (secondary N) is 2. The highest BCUT2D eigenvalue weighted by atomic mass is 16.6. The summed E-state index contributed by atoms with van der Waals surface area (Å²) < 4.78 is 13.2. The van der Waals surface area contributed by atoms with Crippen LogP contribution in [0.3, 0.4) is 0 Å². The SMILES string of the molecule is CC1CC(NC(=O)OC(C)C)c2cc(-c3cn(CCCOC(C)(C)C)cn3)ccc2N1. The van der Waals surface area contributed by atoms with Crippen LogP contribution in [0.15, 0.2) is 30.7 Å². The molecule has 170 valence electrons. The highest BCUT2D eigenvalue weighted by Crippen LogP contribution is 2.35. The van der Waals surface area contributed by atoms with Crippen LogP contribution >= 0.6 is 0 Å². The van der Waals surface area contributed by atoms with Crippen molar-refractivity contribution >= 4 is 11.8 Å². The number of hydrogen-bond acceptors (Lipinski definition) is 5. The minimum Gasteiger partial charge on any atom is -0.447 e. The van der Waals surface area contributed by atoms with Crippen molar-refractivity contribution in [1.82, 2.24) is 14.9 Å². The molecule has 0 saturated carbocycles. The van der Waals surface area contributed by atoms with Gasteiger partial charge in [-0.15, -0.1) is 0 Å². The molecule has 0 radical (unpaired) electrons. The third kappa shape index (κ3) is 6.72. The molecule has 1 amide bonds. The van der Waals surface area contributed by atoms with Crippen LogP contribution in [0.4, 0.5) is 10.5 Å². The Labute approximate surface area is 185 Å². The van der Waals surface area contributed by atoms with Gasteiger partial charge in [-0.3, -0.25) is 0 Å². The average Bonchev–Trinajstić information content (AvgIpc) is 3.12. The summed E-state index contributed by atoms with van der Waals surface area (Å²) in [5.41, 5.74) is 3.94. The standard InChI is InChI=1S/C24H36N4O3/c1-16(2)31-23(29)27-21-12-17(3)26-20-9-8-18(13-19(20)21)22-14-28(15-25-22)10-7-11-30-24(4,5)6/h8-9,13-17,21,26H,7,10-12H2,1-6H3,(H,27,29). The van der Waals surface area contributed by atoms with Crippen LogP contribution < -0.4 is 10.6 Å². The highest BCUT2D eigenvalue weighted by molar-refractivity contribution is 5.71. The average molecular weight is 429 g/mol. The minimum absolute atomic E-state index is 0.103. The fraction of sp³-hybridized carbons (Fsp3) is 0.583. The number of imidazole rings is 1. The molecule has 1 aromatic heterocycles. The number of ether oxygens (including phenoxy) is 2. The van der Waals surface area contributed by atoms with E-state index in [4.69, 9.17) is 9.47 Å². The van der Waals surface area contributed by atoms with E-state index in [1.165, 1.54) is 0 Å². The number of anilines is 1. The predicted octanol–water partition coefficient (Wildman–Crippen LogP) is 5.14. The topological polar surface area (TPSA) is 77.4 Å². The molecule has 1 aliphatic heterocycles. The predicted molar refractivity (Wildman–Crippen MR) is 123 cm³/mol. The lowest BCUT2D eigenvalue weighted by molar-refractivity contribution is -0.00527. The van der Waals surface area contributed by atoms with Gasteiger partial charge in [0.25, 0.3) is 0 Å².